The van der Waals surface area contributed by atoms with Gasteiger partial charge in [-0.1, -0.05) is 11.8 Å². The zero-order valence-corrected chi connectivity index (χ0v) is 12.2. The van der Waals surface area contributed by atoms with Crippen molar-refractivity contribution in [3.63, 3.8) is 0 Å². The lowest BCUT2D eigenvalue weighted by Gasteiger charge is -2.06. The fourth-order valence-electron chi connectivity index (χ4n) is 1.74. The number of carbonyl (C=O) groups is 2. The van der Waals surface area contributed by atoms with Crippen LogP contribution >= 0.6 is 0 Å². The van der Waals surface area contributed by atoms with Crippen molar-refractivity contribution in [3.8, 4) is 11.8 Å². The van der Waals surface area contributed by atoms with E-state index in [-0.39, 0.29) is 31.4 Å². The van der Waals surface area contributed by atoms with E-state index >= 15 is 0 Å². The summed E-state index contributed by atoms with van der Waals surface area (Å²) in [5.41, 5.74) is 2.04. The van der Waals surface area contributed by atoms with Crippen molar-refractivity contribution in [2.75, 3.05) is 19.8 Å². The number of hydrogen-bond acceptors (Lipinski definition) is 4. The number of rotatable bonds is 5. The third-order valence-corrected chi connectivity index (χ3v) is 2.57. The number of benzene rings is 1. The molecule has 0 radical (unpaired) electrons. The normalized spacial score (nSPS) is 9.48. The zero-order chi connectivity index (χ0) is 15.7. The van der Waals surface area contributed by atoms with Gasteiger partial charge in [0.1, 0.15) is 6.61 Å². The fourth-order valence-corrected chi connectivity index (χ4v) is 1.74. The summed E-state index contributed by atoms with van der Waals surface area (Å²) in [6, 6.07) is 5.22. The van der Waals surface area contributed by atoms with Crippen molar-refractivity contribution >= 4 is 11.9 Å². The molecule has 0 spiro atoms. The van der Waals surface area contributed by atoms with Gasteiger partial charge >= 0.3 is 5.97 Å². The van der Waals surface area contributed by atoms with Gasteiger partial charge in [0.05, 0.1) is 13.0 Å². The van der Waals surface area contributed by atoms with Crippen LogP contribution < -0.4 is 5.32 Å². The first-order chi connectivity index (χ1) is 10.1. The number of amides is 1. The molecule has 21 heavy (non-hydrogen) atoms. The minimum Gasteiger partial charge on any atom is -0.466 e. The first-order valence-corrected chi connectivity index (χ1v) is 6.72. The Bertz CT molecular complexity index is 569. The molecule has 0 heterocycles. The van der Waals surface area contributed by atoms with Crippen LogP contribution in [0.15, 0.2) is 18.2 Å². The van der Waals surface area contributed by atoms with Gasteiger partial charge in [-0.25, -0.2) is 0 Å². The maximum Gasteiger partial charge on any atom is 0.307 e. The van der Waals surface area contributed by atoms with Gasteiger partial charge in [-0.3, -0.25) is 9.59 Å². The van der Waals surface area contributed by atoms with Crippen LogP contribution in [0.25, 0.3) is 0 Å². The largest absolute Gasteiger partial charge is 0.466 e. The molecule has 0 bridgehead atoms. The summed E-state index contributed by atoms with van der Waals surface area (Å²) in [4.78, 5) is 23.2. The van der Waals surface area contributed by atoms with Gasteiger partial charge in [0.2, 0.25) is 0 Å². The Balaban J connectivity index is 2.65. The number of aliphatic hydroxyl groups is 1. The predicted octanol–water partition coefficient (Wildman–Crippen LogP) is 1.02. The number of ether oxygens (including phenoxy) is 1. The molecular weight excluding hydrogens is 270 g/mol. The molecular formula is C16H19NO4. The summed E-state index contributed by atoms with van der Waals surface area (Å²) in [5.74, 6) is 4.71. The highest BCUT2D eigenvalue weighted by Gasteiger charge is 2.08. The van der Waals surface area contributed by atoms with Crippen molar-refractivity contribution < 1.29 is 19.4 Å². The van der Waals surface area contributed by atoms with Gasteiger partial charge in [-0.15, -0.1) is 0 Å². The molecule has 0 aliphatic rings. The Morgan fingerprint density at radius 3 is 2.76 bits per heavy atom. The molecule has 1 aromatic rings. The summed E-state index contributed by atoms with van der Waals surface area (Å²) in [7, 11) is 0. The second kappa shape index (κ2) is 8.77. The van der Waals surface area contributed by atoms with Crippen molar-refractivity contribution in [1.82, 2.24) is 5.32 Å². The first-order valence-electron chi connectivity index (χ1n) is 6.72. The summed E-state index contributed by atoms with van der Waals surface area (Å²) in [5, 5.41) is 11.4. The van der Waals surface area contributed by atoms with Crippen molar-refractivity contribution in [3.05, 3.63) is 34.9 Å². The van der Waals surface area contributed by atoms with Crippen LogP contribution in [0.3, 0.4) is 0 Å². The Kier molecular flexibility index (Phi) is 6.99. The van der Waals surface area contributed by atoms with E-state index in [0.717, 1.165) is 5.56 Å². The van der Waals surface area contributed by atoms with E-state index in [1.807, 2.05) is 13.0 Å². The van der Waals surface area contributed by atoms with Crippen LogP contribution in [-0.2, 0) is 9.53 Å². The lowest BCUT2D eigenvalue weighted by Crippen LogP contribution is -2.26. The predicted molar refractivity (Wildman–Crippen MR) is 78.7 cm³/mol. The van der Waals surface area contributed by atoms with E-state index < -0.39 is 0 Å². The average Bonchev–Trinajstić information content (AvgIpc) is 2.44. The summed E-state index contributed by atoms with van der Waals surface area (Å²) >= 11 is 0. The second-order valence-electron chi connectivity index (χ2n) is 4.36. The Morgan fingerprint density at radius 2 is 2.10 bits per heavy atom. The third kappa shape index (κ3) is 6.11. The molecule has 5 nitrogen and oxygen atoms in total. The highest BCUT2D eigenvalue weighted by molar-refractivity contribution is 5.95. The smallest absolute Gasteiger partial charge is 0.307 e. The third-order valence-electron chi connectivity index (χ3n) is 2.57. The highest BCUT2D eigenvalue weighted by atomic mass is 16.5. The van der Waals surface area contributed by atoms with Gasteiger partial charge < -0.3 is 15.2 Å². The Morgan fingerprint density at radius 1 is 1.33 bits per heavy atom. The molecule has 0 atom stereocenters. The SMILES string of the molecule is CCOC(=O)CCNC(=O)c1cc(C)cc(C#CCO)c1. The molecule has 0 aliphatic heterocycles. The van der Waals surface area contributed by atoms with E-state index in [9.17, 15) is 9.59 Å². The number of carbonyl (C=O) groups excluding carboxylic acids is 2. The summed E-state index contributed by atoms with van der Waals surface area (Å²) < 4.78 is 4.78. The van der Waals surface area contributed by atoms with Crippen molar-refractivity contribution in [2.24, 2.45) is 0 Å². The molecule has 1 aromatic carbocycles. The van der Waals surface area contributed by atoms with Crippen molar-refractivity contribution in [2.45, 2.75) is 20.3 Å². The van der Waals surface area contributed by atoms with E-state index in [1.165, 1.54) is 0 Å². The van der Waals surface area contributed by atoms with Crippen LogP contribution in [-0.4, -0.2) is 36.7 Å². The molecule has 1 rings (SSSR count). The van der Waals surface area contributed by atoms with Gasteiger partial charge in [0, 0.05) is 17.7 Å². The van der Waals surface area contributed by atoms with Crippen LogP contribution in [0, 0.1) is 18.8 Å². The van der Waals surface area contributed by atoms with E-state index in [1.54, 1.807) is 19.1 Å². The van der Waals surface area contributed by atoms with Crippen LogP contribution in [0.1, 0.15) is 34.8 Å². The molecule has 1 amide bonds. The lowest BCUT2D eigenvalue weighted by atomic mass is 10.1. The Hall–Kier alpha value is -2.32. The number of aryl methyl sites for hydroxylation is 1. The van der Waals surface area contributed by atoms with Crippen LogP contribution in [0.4, 0.5) is 0 Å². The van der Waals surface area contributed by atoms with Gasteiger partial charge in [0.15, 0.2) is 0 Å². The zero-order valence-electron chi connectivity index (χ0n) is 12.2. The number of hydrogen-bond donors (Lipinski definition) is 2. The average molecular weight is 289 g/mol. The first kappa shape index (κ1) is 16.7. The van der Waals surface area contributed by atoms with Crippen molar-refractivity contribution in [1.29, 1.82) is 0 Å². The molecule has 0 aromatic heterocycles. The molecule has 112 valence electrons. The number of aliphatic hydroxyl groups excluding tert-OH is 1. The molecule has 0 saturated heterocycles. The monoisotopic (exact) mass is 289 g/mol. The number of esters is 1. The number of nitrogens with one attached hydrogen (secondary N) is 1. The lowest BCUT2D eigenvalue weighted by molar-refractivity contribution is -0.142. The maximum absolute atomic E-state index is 12.0. The van der Waals surface area contributed by atoms with Gasteiger partial charge in [-0.05, 0) is 37.6 Å². The minimum atomic E-state index is -0.337. The standard InChI is InChI=1S/C16H19NO4/c1-3-21-15(19)6-7-17-16(20)14-10-12(2)9-13(11-14)5-4-8-18/h9-11,18H,3,6-8H2,1-2H3,(H,17,20). The molecule has 5 heteroatoms. The van der Waals surface area contributed by atoms with Gasteiger partial charge in [0.25, 0.3) is 5.91 Å². The van der Waals surface area contributed by atoms with Crippen LogP contribution in [0.2, 0.25) is 0 Å². The second-order valence-corrected chi connectivity index (χ2v) is 4.36. The minimum absolute atomic E-state index is 0.141. The fraction of sp³-hybridized carbons (Fsp3) is 0.375. The molecule has 0 unspecified atom stereocenters. The summed E-state index contributed by atoms with van der Waals surface area (Å²) in [6.07, 6.45) is 0.141. The van der Waals surface area contributed by atoms with E-state index in [2.05, 4.69) is 17.2 Å². The molecule has 0 saturated carbocycles. The van der Waals surface area contributed by atoms with E-state index in [0.29, 0.717) is 17.7 Å². The Labute approximate surface area is 124 Å². The highest BCUT2D eigenvalue weighted by Crippen LogP contribution is 2.09. The quantitative estimate of drug-likeness (QED) is 0.627. The topological polar surface area (TPSA) is 75.6 Å². The summed E-state index contributed by atoms with van der Waals surface area (Å²) in [6.45, 7) is 3.92. The molecule has 0 aliphatic carbocycles. The van der Waals surface area contributed by atoms with Crippen LogP contribution in [0.5, 0.6) is 0 Å². The molecule has 2 N–H and O–H groups in total. The molecule has 0 fully saturated rings. The van der Waals surface area contributed by atoms with E-state index in [4.69, 9.17) is 9.84 Å². The van der Waals surface area contributed by atoms with Gasteiger partial charge in [-0.2, -0.15) is 0 Å². The maximum atomic E-state index is 12.0.